The predicted molar refractivity (Wildman–Crippen MR) is 118 cm³/mol. The van der Waals surface area contributed by atoms with Gasteiger partial charge in [-0.1, -0.05) is 49.9 Å². The predicted octanol–water partition coefficient (Wildman–Crippen LogP) is 3.08. The number of benzene rings is 2. The number of nitrogen functional groups attached to an aromatic ring is 1. The summed E-state index contributed by atoms with van der Waals surface area (Å²) in [4.78, 5) is 26.1. The summed E-state index contributed by atoms with van der Waals surface area (Å²) >= 11 is 1.33. The molecule has 9 heteroatoms. The number of nitrogens with two attached hydrogens (primary N) is 1. The smallest absolute Gasteiger partial charge is 0.261 e. The molecule has 0 saturated heterocycles. The maximum Gasteiger partial charge on any atom is 0.261 e. The average molecular weight is 438 g/mol. The Hall–Kier alpha value is -3.33. The van der Waals surface area contributed by atoms with Crippen LogP contribution in [0.2, 0.25) is 0 Å². The van der Waals surface area contributed by atoms with E-state index >= 15 is 0 Å². The van der Waals surface area contributed by atoms with Gasteiger partial charge in [-0.15, -0.1) is 10.2 Å². The molecular weight excluding hydrogens is 414 g/mol. The lowest BCUT2D eigenvalue weighted by Crippen LogP contribution is -2.32. The monoisotopic (exact) mass is 437 g/mol. The minimum atomic E-state index is -0.270. The van der Waals surface area contributed by atoms with Crippen LogP contribution in [0.1, 0.15) is 51.9 Å². The highest BCUT2D eigenvalue weighted by molar-refractivity contribution is 7.99. The fourth-order valence-electron chi connectivity index (χ4n) is 3.27. The summed E-state index contributed by atoms with van der Waals surface area (Å²) in [5, 5.41) is 8.66. The first-order valence-electron chi connectivity index (χ1n) is 9.96. The molecular formula is C22H23N5O3S. The van der Waals surface area contributed by atoms with Gasteiger partial charge in [0.15, 0.2) is 5.82 Å². The van der Waals surface area contributed by atoms with Crippen molar-refractivity contribution < 1.29 is 14.3 Å². The molecule has 2 N–H and O–H groups in total. The molecule has 0 saturated carbocycles. The van der Waals surface area contributed by atoms with Crippen molar-refractivity contribution >= 4 is 23.6 Å². The van der Waals surface area contributed by atoms with Crippen molar-refractivity contribution in [2.24, 2.45) is 0 Å². The van der Waals surface area contributed by atoms with Gasteiger partial charge in [0.2, 0.25) is 5.16 Å². The first-order chi connectivity index (χ1) is 15.0. The van der Waals surface area contributed by atoms with Gasteiger partial charge in [0.1, 0.15) is 12.4 Å². The zero-order chi connectivity index (χ0) is 22.0. The molecule has 8 nitrogen and oxygen atoms in total. The summed E-state index contributed by atoms with van der Waals surface area (Å²) < 4.78 is 7.13. The van der Waals surface area contributed by atoms with Gasteiger partial charge in [-0.3, -0.25) is 14.5 Å². The lowest BCUT2D eigenvalue weighted by molar-refractivity contribution is 0.0664. The number of carbonyl (C=O) groups is 2. The van der Waals surface area contributed by atoms with E-state index in [-0.39, 0.29) is 25.0 Å². The number of carbonyl (C=O) groups excluding carboxylic acids is 2. The molecule has 1 aromatic heterocycles. The second kappa shape index (κ2) is 8.81. The molecule has 0 radical (unpaired) electrons. The standard InChI is InChI=1S/C22H23N5O3S/c1-14(2)15-7-9-16(10-8-15)30-13-19-24-25-22(27(19)23)31-12-11-26-20(28)17-5-3-4-6-18(17)21(26)29/h3-10,14H,11-13,23H2,1-2H3. The number of hydrogen-bond donors (Lipinski definition) is 1. The maximum atomic E-state index is 12.4. The van der Waals surface area contributed by atoms with E-state index in [0.29, 0.717) is 33.8 Å². The van der Waals surface area contributed by atoms with E-state index in [9.17, 15) is 9.59 Å². The van der Waals surface area contributed by atoms with Gasteiger partial charge in [-0.05, 0) is 35.7 Å². The van der Waals surface area contributed by atoms with E-state index < -0.39 is 0 Å². The zero-order valence-electron chi connectivity index (χ0n) is 17.3. The molecule has 0 unspecified atom stereocenters. The lowest BCUT2D eigenvalue weighted by atomic mass is 10.0. The molecule has 2 amide bonds. The number of fused-ring (bicyclic) bond motifs is 1. The van der Waals surface area contributed by atoms with Crippen LogP contribution in [-0.2, 0) is 6.61 Å². The number of imide groups is 1. The van der Waals surface area contributed by atoms with Crippen LogP contribution in [0.3, 0.4) is 0 Å². The van der Waals surface area contributed by atoms with E-state index in [1.165, 1.54) is 26.9 Å². The van der Waals surface area contributed by atoms with Crippen LogP contribution in [-0.4, -0.2) is 43.9 Å². The molecule has 1 aliphatic heterocycles. The van der Waals surface area contributed by atoms with E-state index in [4.69, 9.17) is 10.6 Å². The van der Waals surface area contributed by atoms with Gasteiger partial charge < -0.3 is 10.6 Å². The normalized spacial score (nSPS) is 13.2. The molecule has 1 aliphatic rings. The summed E-state index contributed by atoms with van der Waals surface area (Å²) in [6.07, 6.45) is 0. The Labute approximate surface area is 184 Å². The number of hydrogen-bond acceptors (Lipinski definition) is 7. The van der Waals surface area contributed by atoms with Crippen LogP contribution < -0.4 is 10.6 Å². The van der Waals surface area contributed by atoms with Crippen molar-refractivity contribution in [3.05, 3.63) is 71.0 Å². The van der Waals surface area contributed by atoms with Crippen molar-refractivity contribution in [3.8, 4) is 5.75 Å². The largest absolute Gasteiger partial charge is 0.486 e. The molecule has 0 aliphatic carbocycles. The summed E-state index contributed by atoms with van der Waals surface area (Å²) in [6.45, 7) is 4.72. The van der Waals surface area contributed by atoms with Crippen LogP contribution in [0.15, 0.2) is 53.7 Å². The van der Waals surface area contributed by atoms with E-state index in [1.54, 1.807) is 24.3 Å². The minimum absolute atomic E-state index is 0.184. The van der Waals surface area contributed by atoms with Gasteiger partial charge in [-0.2, -0.15) is 0 Å². The van der Waals surface area contributed by atoms with Gasteiger partial charge >= 0.3 is 0 Å². The van der Waals surface area contributed by atoms with Gasteiger partial charge in [0.25, 0.3) is 11.8 Å². The molecule has 2 heterocycles. The molecule has 2 aromatic carbocycles. The number of ether oxygens (including phenoxy) is 1. The van der Waals surface area contributed by atoms with Gasteiger partial charge in [0, 0.05) is 12.3 Å². The molecule has 0 atom stereocenters. The highest BCUT2D eigenvalue weighted by Gasteiger charge is 2.34. The molecule has 0 spiro atoms. The Balaban J connectivity index is 1.31. The quantitative estimate of drug-likeness (QED) is 0.328. The number of rotatable bonds is 8. The van der Waals surface area contributed by atoms with E-state index in [0.717, 1.165) is 5.75 Å². The number of aromatic nitrogens is 3. The molecule has 3 aromatic rings. The third-order valence-electron chi connectivity index (χ3n) is 5.07. The van der Waals surface area contributed by atoms with Gasteiger partial charge in [-0.25, -0.2) is 4.68 Å². The van der Waals surface area contributed by atoms with Crippen LogP contribution in [0.4, 0.5) is 0 Å². The maximum absolute atomic E-state index is 12.4. The average Bonchev–Trinajstić information content (AvgIpc) is 3.25. The molecule has 4 rings (SSSR count). The molecule has 0 fully saturated rings. The number of amides is 2. The summed E-state index contributed by atoms with van der Waals surface area (Å²) in [5.74, 6) is 7.68. The van der Waals surface area contributed by atoms with Crippen LogP contribution in [0, 0.1) is 0 Å². The first-order valence-corrected chi connectivity index (χ1v) is 10.9. The van der Waals surface area contributed by atoms with Crippen LogP contribution in [0.5, 0.6) is 5.75 Å². The first kappa shape index (κ1) is 20.9. The van der Waals surface area contributed by atoms with Crippen LogP contribution in [0.25, 0.3) is 0 Å². The topological polar surface area (TPSA) is 103 Å². The molecule has 160 valence electrons. The number of nitrogens with zero attached hydrogens (tertiary/aromatic N) is 4. The Kier molecular flexibility index (Phi) is 5.94. The highest BCUT2D eigenvalue weighted by atomic mass is 32.2. The lowest BCUT2D eigenvalue weighted by Gasteiger charge is -2.13. The number of thioether (sulfide) groups is 1. The Morgan fingerprint density at radius 1 is 1.00 bits per heavy atom. The Bertz CT molecular complexity index is 1080. The zero-order valence-corrected chi connectivity index (χ0v) is 18.1. The highest BCUT2D eigenvalue weighted by Crippen LogP contribution is 2.24. The second-order valence-electron chi connectivity index (χ2n) is 7.44. The summed E-state index contributed by atoms with van der Waals surface area (Å²) in [6, 6.07) is 14.8. The third-order valence-corrected chi connectivity index (χ3v) is 6.00. The molecule has 0 bridgehead atoms. The Morgan fingerprint density at radius 3 is 2.26 bits per heavy atom. The fraction of sp³-hybridized carbons (Fsp3) is 0.273. The Morgan fingerprint density at radius 2 is 1.65 bits per heavy atom. The van der Waals surface area contributed by atoms with Crippen molar-refractivity contribution in [2.45, 2.75) is 31.5 Å². The van der Waals surface area contributed by atoms with Crippen LogP contribution >= 0.6 is 11.8 Å². The second-order valence-corrected chi connectivity index (χ2v) is 8.50. The SMILES string of the molecule is CC(C)c1ccc(OCc2nnc(SCCN3C(=O)c4ccccc4C3=O)n2N)cc1. The van der Waals surface area contributed by atoms with Crippen molar-refractivity contribution in [1.82, 2.24) is 19.8 Å². The van der Waals surface area contributed by atoms with Crippen molar-refractivity contribution in [2.75, 3.05) is 18.1 Å². The van der Waals surface area contributed by atoms with E-state index in [1.807, 2.05) is 24.3 Å². The minimum Gasteiger partial charge on any atom is -0.486 e. The van der Waals surface area contributed by atoms with Crippen molar-refractivity contribution in [3.63, 3.8) is 0 Å². The third kappa shape index (κ3) is 4.27. The summed E-state index contributed by atoms with van der Waals surface area (Å²) in [7, 11) is 0. The van der Waals surface area contributed by atoms with Gasteiger partial charge in [0.05, 0.1) is 11.1 Å². The van der Waals surface area contributed by atoms with E-state index in [2.05, 4.69) is 24.0 Å². The fourth-order valence-corrected chi connectivity index (χ4v) is 4.07. The van der Waals surface area contributed by atoms with Crippen molar-refractivity contribution in [1.29, 1.82) is 0 Å². The summed E-state index contributed by atoms with van der Waals surface area (Å²) in [5.41, 5.74) is 2.13. The molecule has 31 heavy (non-hydrogen) atoms.